The lowest BCUT2D eigenvalue weighted by atomic mass is 10.3. The molecule has 0 N–H and O–H groups in total. The van der Waals surface area contributed by atoms with E-state index in [9.17, 15) is 28.8 Å². The van der Waals surface area contributed by atoms with Gasteiger partial charge in [0.25, 0.3) is 0 Å². The number of hydrogen-bond donors (Lipinski definition) is 8. The number of thiol groups is 8. The van der Waals surface area contributed by atoms with Gasteiger partial charge in [0.15, 0.2) is 0 Å². The molecule has 6 fully saturated rings. The summed E-state index contributed by atoms with van der Waals surface area (Å²) >= 11 is 35.3. The second-order valence-electron chi connectivity index (χ2n) is 15.6. The normalized spacial score (nSPS) is 25.3. The fourth-order valence-electron chi connectivity index (χ4n) is 9.66. The molecule has 6 saturated heterocycles. The standard InChI is InChI=1S/C36H62N12O6S12/c49-31-37(1-13-55)25-27(41(31)5-17-59)45(33(51)39(25)3-15-57)9-21-63-65-23-11-47-29-30(44(8-20-62)35(47)53)48(36(54)43(29)7-19-61)12-24-66-64-22-10-46-28-26(40(4-16-58)34(46)52)38(2-14-56)32(50)42(28)6-18-60/h25-30,55-62H,1-24H2. The molecular formula is C36H62N12O6S12. The third-order valence-corrected chi connectivity index (χ3v) is 18.5. The first kappa shape index (κ1) is 55.1. The molecule has 18 nitrogen and oxygen atoms in total. The van der Waals surface area contributed by atoms with Gasteiger partial charge in [-0.2, -0.15) is 101 Å². The monoisotopic (exact) mass is 1140 g/mol. The largest absolute Gasteiger partial charge is 0.323 e. The number of carbonyl (C=O) groups excluding carboxylic acids is 6. The predicted octanol–water partition coefficient (Wildman–Crippen LogP) is 3.57. The van der Waals surface area contributed by atoms with E-state index < -0.39 is 37.0 Å². The lowest BCUT2D eigenvalue weighted by Crippen LogP contribution is -2.48. The molecule has 0 aromatic carbocycles. The molecule has 30 heteroatoms. The van der Waals surface area contributed by atoms with E-state index in [0.717, 1.165) is 0 Å². The summed E-state index contributed by atoms with van der Waals surface area (Å²) in [6.07, 6.45) is -2.65. The lowest BCUT2D eigenvalue weighted by Gasteiger charge is -2.30. The van der Waals surface area contributed by atoms with E-state index in [1.54, 1.807) is 102 Å². The molecule has 6 unspecified atom stereocenters. The average Bonchev–Trinajstić information content (AvgIpc) is 4.05. The second-order valence-corrected chi connectivity index (χ2v) is 24.6. The molecule has 6 aliphatic rings. The molecule has 6 heterocycles. The Morgan fingerprint density at radius 2 is 0.364 bits per heavy atom. The highest BCUT2D eigenvalue weighted by Gasteiger charge is 2.61. The Balaban J connectivity index is 1.02. The van der Waals surface area contributed by atoms with Crippen LogP contribution in [0.15, 0.2) is 0 Å². The van der Waals surface area contributed by atoms with Gasteiger partial charge in [0.1, 0.15) is 37.0 Å². The number of urea groups is 6. The first-order valence-corrected chi connectivity index (χ1v) is 31.9. The van der Waals surface area contributed by atoms with Crippen molar-refractivity contribution in [3.05, 3.63) is 0 Å². The molecule has 6 rings (SSSR count). The summed E-state index contributed by atoms with van der Waals surface area (Å²) in [4.78, 5) is 104. The fraction of sp³-hybridized carbons (Fsp3) is 0.833. The van der Waals surface area contributed by atoms with E-state index in [-0.39, 0.29) is 36.2 Å². The quantitative estimate of drug-likeness (QED) is 0.0306. The Bertz CT molecular complexity index is 1590. The Morgan fingerprint density at radius 1 is 0.242 bits per heavy atom. The van der Waals surface area contributed by atoms with E-state index in [2.05, 4.69) is 101 Å². The zero-order chi connectivity index (χ0) is 47.7. The summed E-state index contributed by atoms with van der Waals surface area (Å²) in [5, 5.41) is 0. The van der Waals surface area contributed by atoms with Gasteiger partial charge in [-0.15, -0.1) is 0 Å². The summed E-state index contributed by atoms with van der Waals surface area (Å²) in [6, 6.07) is -0.761. The molecule has 12 amide bonds. The van der Waals surface area contributed by atoms with Gasteiger partial charge < -0.3 is 0 Å². The van der Waals surface area contributed by atoms with Crippen LogP contribution in [0.5, 0.6) is 0 Å². The smallest absolute Gasteiger partial charge is 0.299 e. The van der Waals surface area contributed by atoms with Gasteiger partial charge in [0, 0.05) is 148 Å². The van der Waals surface area contributed by atoms with E-state index >= 15 is 0 Å². The van der Waals surface area contributed by atoms with Crippen molar-refractivity contribution >= 4 is 180 Å². The summed E-state index contributed by atoms with van der Waals surface area (Å²) in [6.45, 7) is 4.97. The minimum atomic E-state index is -0.485. The Labute approximate surface area is 448 Å². The first-order chi connectivity index (χ1) is 32.0. The number of carbonyl (C=O) groups is 6. The van der Waals surface area contributed by atoms with Crippen molar-refractivity contribution < 1.29 is 28.8 Å². The molecule has 0 aromatic heterocycles. The third-order valence-electron chi connectivity index (χ3n) is 12.1. The summed E-state index contributed by atoms with van der Waals surface area (Å²) in [7, 11) is 6.43. The summed E-state index contributed by atoms with van der Waals surface area (Å²) in [5.41, 5.74) is 0. The molecular weight excluding hydrogens is 1080 g/mol. The fourth-order valence-corrected chi connectivity index (χ4v) is 15.3. The van der Waals surface area contributed by atoms with Gasteiger partial charge in [0.2, 0.25) is 0 Å². The minimum absolute atomic E-state index is 0.119. The Kier molecular flexibility index (Phi) is 22.1. The molecule has 66 heavy (non-hydrogen) atoms. The van der Waals surface area contributed by atoms with Gasteiger partial charge in [-0.05, 0) is 0 Å². The SMILES string of the molecule is O=C1N(CCS)C2C(N1CCS)N(CCSSCCN1C(=O)N(CCS)C3C1N(CCS)C(=O)N3CCSSCCN1C(=O)N(CCS)C3C1N(CCS)C(=O)N3CCS)C(=O)N2CCS. The highest BCUT2D eigenvalue weighted by Crippen LogP contribution is 2.39. The van der Waals surface area contributed by atoms with Gasteiger partial charge in [0.05, 0.1) is 0 Å². The van der Waals surface area contributed by atoms with Crippen LogP contribution in [0.2, 0.25) is 0 Å². The van der Waals surface area contributed by atoms with Crippen LogP contribution >= 0.6 is 144 Å². The predicted molar refractivity (Wildman–Crippen MR) is 296 cm³/mol. The van der Waals surface area contributed by atoms with Crippen LogP contribution in [0, 0.1) is 0 Å². The maximum atomic E-state index is 14.1. The molecule has 0 bridgehead atoms. The molecule has 0 radical (unpaired) electrons. The van der Waals surface area contributed by atoms with Crippen molar-refractivity contribution in [1.29, 1.82) is 0 Å². The van der Waals surface area contributed by atoms with Crippen molar-refractivity contribution in [2.75, 3.05) is 148 Å². The highest BCUT2D eigenvalue weighted by molar-refractivity contribution is 8.77. The van der Waals surface area contributed by atoms with Crippen LogP contribution in [0.4, 0.5) is 28.8 Å². The summed E-state index contributed by atoms with van der Waals surface area (Å²) < 4.78 is 0. The first-order valence-electron chi connectivity index (χ1n) is 21.8. The highest BCUT2D eigenvalue weighted by atomic mass is 33.1. The molecule has 0 saturated carbocycles. The van der Waals surface area contributed by atoms with E-state index in [0.29, 0.717) is 148 Å². The van der Waals surface area contributed by atoms with Crippen LogP contribution in [0.1, 0.15) is 0 Å². The van der Waals surface area contributed by atoms with Crippen molar-refractivity contribution in [3.63, 3.8) is 0 Å². The van der Waals surface area contributed by atoms with Crippen molar-refractivity contribution in [1.82, 2.24) is 58.8 Å². The second kappa shape index (κ2) is 26.5. The number of amides is 12. The molecule has 6 atom stereocenters. The maximum absolute atomic E-state index is 14.1. The van der Waals surface area contributed by atoms with Crippen LogP contribution in [0.3, 0.4) is 0 Å². The zero-order valence-electron chi connectivity index (χ0n) is 36.5. The number of hydrogen-bond acceptors (Lipinski definition) is 18. The van der Waals surface area contributed by atoms with Crippen molar-refractivity contribution in [2.45, 2.75) is 37.0 Å². The Hall–Kier alpha value is -0.180. The van der Waals surface area contributed by atoms with E-state index in [4.69, 9.17) is 0 Å². The molecule has 0 aromatic rings. The van der Waals surface area contributed by atoms with Gasteiger partial charge >= 0.3 is 36.2 Å². The Morgan fingerprint density at radius 3 is 0.485 bits per heavy atom. The van der Waals surface area contributed by atoms with Gasteiger partial charge in [-0.25, -0.2) is 28.8 Å². The maximum Gasteiger partial charge on any atom is 0.323 e. The van der Waals surface area contributed by atoms with E-state index in [1.165, 1.54) is 0 Å². The minimum Gasteiger partial charge on any atom is -0.299 e. The molecule has 0 aliphatic carbocycles. The summed E-state index contributed by atoms with van der Waals surface area (Å²) in [5.74, 6) is 6.11. The van der Waals surface area contributed by atoms with Gasteiger partial charge in [-0.1, -0.05) is 43.2 Å². The number of rotatable bonds is 30. The third kappa shape index (κ3) is 11.2. The molecule has 374 valence electrons. The van der Waals surface area contributed by atoms with Crippen LogP contribution in [0.25, 0.3) is 0 Å². The van der Waals surface area contributed by atoms with E-state index in [1.807, 2.05) is 0 Å². The van der Waals surface area contributed by atoms with Crippen LogP contribution < -0.4 is 0 Å². The van der Waals surface area contributed by atoms with Crippen LogP contribution in [-0.4, -0.2) is 280 Å². The zero-order valence-corrected chi connectivity index (χ0v) is 46.9. The number of fused-ring (bicyclic) bond motifs is 3. The van der Waals surface area contributed by atoms with Crippen molar-refractivity contribution in [3.8, 4) is 0 Å². The average molecular weight is 1140 g/mol. The van der Waals surface area contributed by atoms with Crippen LogP contribution in [-0.2, 0) is 0 Å². The lowest BCUT2D eigenvalue weighted by molar-refractivity contribution is 0.136. The number of nitrogens with zero attached hydrogens (tertiary/aromatic N) is 12. The molecule has 6 aliphatic heterocycles. The molecule has 0 spiro atoms. The topological polar surface area (TPSA) is 141 Å². The van der Waals surface area contributed by atoms with Crippen molar-refractivity contribution in [2.24, 2.45) is 0 Å². The van der Waals surface area contributed by atoms with Gasteiger partial charge in [-0.3, -0.25) is 58.8 Å².